The molecule has 2 heterocycles. The monoisotopic (exact) mass is 1220 g/mol. The number of carbonyl (C=O) groups is 10. The number of nitrogens with zero attached hydrogens (tertiary/aromatic N) is 1. The number of carbonyl (C=O) groups excluding carboxylic acids is 9. The lowest BCUT2D eigenvalue weighted by Gasteiger charge is -2.29. The highest BCUT2D eigenvalue weighted by Crippen LogP contribution is 2.45. The molecule has 2 aliphatic rings. The van der Waals surface area contributed by atoms with Gasteiger partial charge in [0.05, 0.1) is 41.9 Å². The Morgan fingerprint density at radius 1 is 0.893 bits per heavy atom. The Bertz CT molecular complexity index is 2820. The number of amides is 5. The third-order valence-corrected chi connectivity index (χ3v) is 15.6. The summed E-state index contributed by atoms with van der Waals surface area (Å²) in [6.07, 6.45) is -1.02. The van der Waals surface area contributed by atoms with Crippen molar-refractivity contribution in [2.45, 2.75) is 156 Å². The number of cyclic esters (lactones) is 2. The summed E-state index contributed by atoms with van der Waals surface area (Å²) in [5.41, 5.74) is 0.987. The Balaban J connectivity index is 1.36. The maximum atomic E-state index is 14.0. The number of carboxylic acids is 1. The third kappa shape index (κ3) is 23.4. The number of hydrogen-bond acceptors (Lipinski definition) is 16. The van der Waals surface area contributed by atoms with Gasteiger partial charge in [-0.05, 0) is 80.3 Å². The maximum absolute atomic E-state index is 14.0. The Labute approximate surface area is 496 Å². The second-order valence-corrected chi connectivity index (χ2v) is 24.8. The molecule has 0 saturated carbocycles. The van der Waals surface area contributed by atoms with Crippen LogP contribution in [0.5, 0.6) is 5.75 Å². The van der Waals surface area contributed by atoms with Crippen molar-refractivity contribution in [3.8, 4) is 5.75 Å². The largest absolute Gasteiger partial charge is 0.495 e. The molecule has 84 heavy (non-hydrogen) atoms. The van der Waals surface area contributed by atoms with Crippen LogP contribution in [0.3, 0.4) is 0 Å². The highest BCUT2D eigenvalue weighted by atomic mass is 35.5. The van der Waals surface area contributed by atoms with E-state index in [4.69, 9.17) is 35.1 Å². The number of rotatable bonds is 29. The van der Waals surface area contributed by atoms with Gasteiger partial charge >= 0.3 is 17.9 Å². The summed E-state index contributed by atoms with van der Waals surface area (Å²) in [6, 6.07) is 10.5. The summed E-state index contributed by atoms with van der Waals surface area (Å²) in [5, 5.41) is 20.0. The first-order valence-corrected chi connectivity index (χ1v) is 30.2. The van der Waals surface area contributed by atoms with E-state index in [1.807, 2.05) is 45.0 Å². The molecule has 0 bridgehead atoms. The van der Waals surface area contributed by atoms with Crippen molar-refractivity contribution in [1.82, 2.24) is 26.2 Å². The molecule has 2 aromatic carbocycles. The predicted octanol–water partition coefficient (Wildman–Crippen LogP) is 4.84. The van der Waals surface area contributed by atoms with E-state index in [1.165, 1.54) is 13.2 Å². The molecule has 1 fully saturated rings. The summed E-state index contributed by atoms with van der Waals surface area (Å²) in [5.74, 6) is -8.25. The third-order valence-electron chi connectivity index (χ3n) is 14.5. The molecule has 8 atom stereocenters. The number of hydrogen-bond donors (Lipinski definition) is 6. The van der Waals surface area contributed by atoms with Gasteiger partial charge in [0.1, 0.15) is 29.8 Å². The minimum absolute atomic E-state index is 0.0571. The summed E-state index contributed by atoms with van der Waals surface area (Å²) >= 11 is 6.38. The number of nitrogens with one attached hydrogen (secondary N) is 4. The summed E-state index contributed by atoms with van der Waals surface area (Å²) in [7, 11) is -2.84. The average Bonchev–Trinajstić information content (AvgIpc) is 3.21. The van der Waals surface area contributed by atoms with Gasteiger partial charge in [0.25, 0.3) is 10.1 Å². The molecule has 25 heteroatoms. The van der Waals surface area contributed by atoms with Gasteiger partial charge in [0.2, 0.25) is 29.5 Å². The summed E-state index contributed by atoms with van der Waals surface area (Å²) < 4.78 is 54.1. The van der Waals surface area contributed by atoms with Crippen LogP contribution in [0.1, 0.15) is 130 Å². The number of carboxylic acid groups (broad SMARTS) is 1. The molecule has 0 radical (unpaired) electrons. The molecular weight excluding hydrogens is 1130 g/mol. The molecule has 0 spiro atoms. The molecule has 23 nitrogen and oxygen atoms in total. The van der Waals surface area contributed by atoms with Gasteiger partial charge in [-0.1, -0.05) is 82.6 Å². The standard InChI is InChI=1S/C59H82ClN5O18S/c1-34(2)29-48-57(75)81-46(11-10-12-50(69)64-44(31-39-16-20-47(80-9)43(60)30-39)56(74)62-33-59(7,8)58(76)82-48)36(5)53-54(83-53)40-17-13-38(14-18-40)15-19-45(67)37(6)63-55(73)42(35(3)4)32-41(66)23-26-65(27-24-52(71)72)51(70)22-21-49(68)61-25-28-84(77,78)79/h10,12-14,16-18,20,30,34-37,42,44,46,48,53-54H,11,15,19,21-29,31-33H2,1-9H3,(H,61,68)(H,62,74)(H,63,73)(H,64,69)(H,71,72)(H,77,78,79)/b12-10+/t36-,37-,42-,44+,46-,48-,53+,54+/m0/s1. The van der Waals surface area contributed by atoms with Gasteiger partial charge in [-0.3, -0.25) is 47.7 Å². The van der Waals surface area contributed by atoms with Crippen LogP contribution < -0.4 is 26.0 Å². The number of esters is 2. The van der Waals surface area contributed by atoms with E-state index in [0.717, 1.165) is 16.0 Å². The Morgan fingerprint density at radius 2 is 1.56 bits per heavy atom. The zero-order chi connectivity index (χ0) is 62.6. The van der Waals surface area contributed by atoms with Gasteiger partial charge in [0.15, 0.2) is 11.9 Å². The average molecular weight is 1220 g/mol. The number of halogens is 1. The SMILES string of the molecule is COc1ccc(C[C@H]2NC(=O)/C=C/C[C@@H]([C@H](C)[C@H]3O[C@@H]3c3ccc(CCC(=O)[C@H](C)NC(=O)[C@@H](CC(=O)CCN(CCC(=O)O)C(=O)CCC(=O)NCCS(=O)(=O)O)C(C)C)cc3)OC(=O)[C@H](CC(C)C)OC(=O)C(C)(C)CNC2=O)cc1Cl. The molecule has 4 rings (SSSR count). The minimum atomic E-state index is -4.31. The van der Waals surface area contributed by atoms with Crippen molar-refractivity contribution in [2.75, 3.05) is 39.0 Å². The van der Waals surface area contributed by atoms with Crippen molar-refractivity contribution in [3.05, 3.63) is 76.3 Å². The Hall–Kier alpha value is -6.76. The van der Waals surface area contributed by atoms with Crippen molar-refractivity contribution in [3.63, 3.8) is 0 Å². The zero-order valence-electron chi connectivity index (χ0n) is 49.2. The molecule has 0 aliphatic carbocycles. The molecule has 464 valence electrons. The van der Waals surface area contributed by atoms with E-state index < -0.39 is 129 Å². The lowest BCUT2D eigenvalue weighted by atomic mass is 9.88. The Morgan fingerprint density at radius 3 is 2.18 bits per heavy atom. The second-order valence-electron chi connectivity index (χ2n) is 22.8. The van der Waals surface area contributed by atoms with Gasteiger partial charge in [-0.25, -0.2) is 4.79 Å². The van der Waals surface area contributed by atoms with Crippen molar-refractivity contribution in [2.24, 2.45) is 29.1 Å². The van der Waals surface area contributed by atoms with E-state index in [0.29, 0.717) is 22.8 Å². The maximum Gasteiger partial charge on any atom is 0.347 e. The first-order chi connectivity index (χ1) is 39.4. The lowest BCUT2D eigenvalue weighted by Crippen LogP contribution is -2.51. The predicted molar refractivity (Wildman–Crippen MR) is 308 cm³/mol. The molecule has 5 amide bonds. The number of benzene rings is 2. The quantitative estimate of drug-likeness (QED) is 0.0360. The molecule has 1 saturated heterocycles. The first-order valence-electron chi connectivity index (χ1n) is 28.2. The van der Waals surface area contributed by atoms with Crippen LogP contribution >= 0.6 is 11.6 Å². The second kappa shape index (κ2) is 32.5. The number of aryl methyl sites for hydroxylation is 1. The Kier molecular flexibility index (Phi) is 27.0. The summed E-state index contributed by atoms with van der Waals surface area (Å²) in [4.78, 5) is 132. The number of epoxide rings is 1. The van der Waals surface area contributed by atoms with Crippen molar-refractivity contribution in [1.29, 1.82) is 0 Å². The fourth-order valence-corrected chi connectivity index (χ4v) is 9.84. The smallest absolute Gasteiger partial charge is 0.347 e. The zero-order valence-corrected chi connectivity index (χ0v) is 50.8. The number of ketones is 2. The molecule has 6 N–H and O–H groups in total. The van der Waals surface area contributed by atoms with Crippen LogP contribution in [0.4, 0.5) is 0 Å². The number of methoxy groups -OCH3 is 1. The van der Waals surface area contributed by atoms with Gasteiger partial charge in [0, 0.05) is 83.0 Å². The van der Waals surface area contributed by atoms with Crippen LogP contribution in [0.15, 0.2) is 54.6 Å². The molecule has 0 unspecified atom stereocenters. The van der Waals surface area contributed by atoms with Crippen LogP contribution in [0, 0.1) is 29.1 Å². The molecule has 0 aromatic heterocycles. The highest BCUT2D eigenvalue weighted by Gasteiger charge is 2.48. The van der Waals surface area contributed by atoms with Gasteiger partial charge in [-0.15, -0.1) is 0 Å². The fraction of sp³-hybridized carbons (Fsp3) is 0.593. The number of Topliss-reactive ketones (excluding diaryl/α,β-unsaturated/α-hetero) is 2. The molecular formula is C59H82ClN5O18S. The van der Waals surface area contributed by atoms with Gasteiger partial charge < -0.3 is 50.2 Å². The molecule has 2 aliphatic heterocycles. The van der Waals surface area contributed by atoms with E-state index in [1.54, 1.807) is 58.9 Å². The van der Waals surface area contributed by atoms with E-state index in [-0.39, 0.29) is 95.2 Å². The minimum Gasteiger partial charge on any atom is -0.495 e. The van der Waals surface area contributed by atoms with Gasteiger partial charge in [-0.2, -0.15) is 8.42 Å². The highest BCUT2D eigenvalue weighted by molar-refractivity contribution is 7.85. The van der Waals surface area contributed by atoms with Crippen molar-refractivity contribution < 1.29 is 85.0 Å². The summed E-state index contributed by atoms with van der Waals surface area (Å²) in [6.45, 7) is 12.8. The van der Waals surface area contributed by atoms with Crippen LogP contribution in [0.25, 0.3) is 0 Å². The topological polar surface area (TPSA) is 337 Å². The lowest BCUT2D eigenvalue weighted by molar-refractivity contribution is -0.179. The van der Waals surface area contributed by atoms with E-state index in [2.05, 4.69) is 21.3 Å². The van der Waals surface area contributed by atoms with E-state index >= 15 is 0 Å². The van der Waals surface area contributed by atoms with Crippen LogP contribution in [-0.4, -0.2) is 151 Å². The normalized spacial score (nSPS) is 20.9. The number of aliphatic carboxylic acids is 1. The first kappa shape index (κ1) is 69.7. The van der Waals surface area contributed by atoms with Crippen LogP contribution in [-0.2, 0) is 85.1 Å². The number of ether oxygens (including phenoxy) is 4. The molecule has 2 aromatic rings. The van der Waals surface area contributed by atoms with E-state index in [9.17, 15) is 61.5 Å². The van der Waals surface area contributed by atoms with Crippen molar-refractivity contribution >= 4 is 80.7 Å². The van der Waals surface area contributed by atoms with Crippen LogP contribution in [0.2, 0.25) is 5.02 Å². The fourth-order valence-electron chi connectivity index (χ4n) is 9.20.